The first-order valence-corrected chi connectivity index (χ1v) is 6.77. The van der Waals surface area contributed by atoms with Crippen molar-refractivity contribution < 1.29 is 0 Å². The molecule has 1 aromatic carbocycles. The van der Waals surface area contributed by atoms with Crippen molar-refractivity contribution in [2.45, 2.75) is 23.7 Å². The average Bonchev–Trinajstić information content (AvgIpc) is 2.17. The molecule has 80 valence electrons. The molecule has 0 fully saturated rings. The minimum Gasteiger partial charge on any atom is -0.382 e. The van der Waals surface area contributed by atoms with Gasteiger partial charge in [-0.05, 0) is 29.5 Å². The zero-order valence-electron chi connectivity index (χ0n) is 8.29. The van der Waals surface area contributed by atoms with E-state index >= 15 is 0 Å². The van der Waals surface area contributed by atoms with Gasteiger partial charge < -0.3 is 5.32 Å². The molecule has 1 N–H and O–H groups in total. The van der Waals surface area contributed by atoms with Crippen LogP contribution in [0.1, 0.15) is 12.8 Å². The molecular formula is C12H13Br2N. The molecule has 0 amide bonds. The molecule has 0 saturated heterocycles. The molecule has 0 spiro atoms. The summed E-state index contributed by atoms with van der Waals surface area (Å²) in [5.74, 6) is 0. The van der Waals surface area contributed by atoms with E-state index in [4.69, 9.17) is 0 Å². The minimum atomic E-state index is 0.474. The van der Waals surface area contributed by atoms with Crippen LogP contribution >= 0.6 is 31.9 Å². The van der Waals surface area contributed by atoms with Crippen molar-refractivity contribution in [3.63, 3.8) is 0 Å². The Morgan fingerprint density at radius 1 is 1.20 bits per heavy atom. The SMILES string of the molecule is BrC1=CC(Br)CC(Nc2ccccc2)C1. The Labute approximate surface area is 107 Å². The summed E-state index contributed by atoms with van der Waals surface area (Å²) in [5.41, 5.74) is 1.20. The van der Waals surface area contributed by atoms with Crippen molar-refractivity contribution in [1.82, 2.24) is 0 Å². The molecule has 0 saturated carbocycles. The van der Waals surface area contributed by atoms with Crippen LogP contribution in [0.5, 0.6) is 0 Å². The summed E-state index contributed by atoms with van der Waals surface area (Å²) >= 11 is 7.21. The molecule has 2 atom stereocenters. The summed E-state index contributed by atoms with van der Waals surface area (Å²) in [5, 5.41) is 3.54. The Kier molecular flexibility index (Phi) is 3.87. The zero-order chi connectivity index (χ0) is 10.7. The number of hydrogen-bond acceptors (Lipinski definition) is 1. The van der Waals surface area contributed by atoms with E-state index in [0.29, 0.717) is 10.9 Å². The lowest BCUT2D eigenvalue weighted by molar-refractivity contribution is 0.653. The lowest BCUT2D eigenvalue weighted by Crippen LogP contribution is -2.25. The van der Waals surface area contributed by atoms with Crippen LogP contribution in [0, 0.1) is 0 Å². The summed E-state index contributed by atoms with van der Waals surface area (Å²) in [6.45, 7) is 0. The molecule has 3 heteroatoms. The first-order valence-electron chi connectivity index (χ1n) is 5.06. The average molecular weight is 331 g/mol. The molecule has 1 aromatic rings. The summed E-state index contributed by atoms with van der Waals surface area (Å²) in [7, 11) is 0. The maximum atomic E-state index is 3.64. The lowest BCUT2D eigenvalue weighted by atomic mass is 10.0. The molecular weight excluding hydrogens is 318 g/mol. The Morgan fingerprint density at radius 2 is 1.93 bits per heavy atom. The third-order valence-corrected chi connectivity index (χ3v) is 3.68. The maximum Gasteiger partial charge on any atom is 0.0355 e. The summed E-state index contributed by atoms with van der Waals surface area (Å²) in [6.07, 6.45) is 4.42. The molecule has 2 unspecified atom stereocenters. The normalized spacial score (nSPS) is 25.9. The van der Waals surface area contributed by atoms with Gasteiger partial charge in [0.2, 0.25) is 0 Å². The second-order valence-corrected chi connectivity index (χ2v) is 5.97. The van der Waals surface area contributed by atoms with Gasteiger partial charge in [-0.15, -0.1) is 0 Å². The summed E-state index contributed by atoms with van der Waals surface area (Å²) < 4.78 is 1.28. The third kappa shape index (κ3) is 3.35. The summed E-state index contributed by atoms with van der Waals surface area (Å²) in [4.78, 5) is 0.474. The predicted octanol–water partition coefficient (Wildman–Crippen LogP) is 4.30. The molecule has 0 bridgehead atoms. The lowest BCUT2D eigenvalue weighted by Gasteiger charge is -2.25. The number of hydrogen-bond donors (Lipinski definition) is 1. The van der Waals surface area contributed by atoms with Crippen molar-refractivity contribution in [3.05, 3.63) is 40.9 Å². The Hall–Kier alpha value is -0.280. The largest absolute Gasteiger partial charge is 0.382 e. The minimum absolute atomic E-state index is 0.474. The van der Waals surface area contributed by atoms with E-state index in [0.717, 1.165) is 12.8 Å². The topological polar surface area (TPSA) is 12.0 Å². The Morgan fingerprint density at radius 3 is 2.60 bits per heavy atom. The molecule has 0 radical (unpaired) electrons. The number of anilines is 1. The van der Waals surface area contributed by atoms with E-state index in [2.05, 4.69) is 67.5 Å². The predicted molar refractivity (Wildman–Crippen MR) is 72.8 cm³/mol. The van der Waals surface area contributed by atoms with Gasteiger partial charge in [0, 0.05) is 16.6 Å². The van der Waals surface area contributed by atoms with Crippen molar-refractivity contribution in [2.75, 3.05) is 5.32 Å². The zero-order valence-corrected chi connectivity index (χ0v) is 11.5. The highest BCUT2D eigenvalue weighted by atomic mass is 79.9. The number of nitrogens with one attached hydrogen (secondary N) is 1. The van der Waals surface area contributed by atoms with Crippen molar-refractivity contribution in [3.8, 4) is 0 Å². The van der Waals surface area contributed by atoms with E-state index in [-0.39, 0.29) is 0 Å². The Balaban J connectivity index is 1.99. The van der Waals surface area contributed by atoms with Crippen LogP contribution in [0.15, 0.2) is 40.9 Å². The van der Waals surface area contributed by atoms with E-state index in [1.807, 2.05) is 6.07 Å². The van der Waals surface area contributed by atoms with Crippen LogP contribution in [-0.4, -0.2) is 10.9 Å². The number of allylic oxidation sites excluding steroid dienone is 1. The van der Waals surface area contributed by atoms with Crippen LogP contribution in [-0.2, 0) is 0 Å². The quantitative estimate of drug-likeness (QED) is 0.797. The van der Waals surface area contributed by atoms with E-state index in [9.17, 15) is 0 Å². The van der Waals surface area contributed by atoms with Crippen LogP contribution in [0.4, 0.5) is 5.69 Å². The monoisotopic (exact) mass is 329 g/mol. The molecule has 1 nitrogen and oxygen atoms in total. The number of para-hydroxylation sites is 1. The van der Waals surface area contributed by atoms with Crippen LogP contribution < -0.4 is 5.32 Å². The summed E-state index contributed by atoms with van der Waals surface area (Å²) in [6, 6.07) is 10.9. The van der Waals surface area contributed by atoms with Crippen molar-refractivity contribution in [2.24, 2.45) is 0 Å². The molecule has 15 heavy (non-hydrogen) atoms. The molecule has 0 aliphatic heterocycles. The second-order valence-electron chi connectivity index (χ2n) is 3.78. The second kappa shape index (κ2) is 5.17. The van der Waals surface area contributed by atoms with Gasteiger partial charge in [-0.2, -0.15) is 0 Å². The standard InChI is InChI=1S/C12H13Br2N/c13-9-6-10(14)8-12(7-9)15-11-4-2-1-3-5-11/h1-6,9,12,15H,7-8H2. The molecule has 1 aliphatic carbocycles. The highest BCUT2D eigenvalue weighted by Gasteiger charge is 2.19. The highest BCUT2D eigenvalue weighted by molar-refractivity contribution is 9.12. The van der Waals surface area contributed by atoms with E-state index < -0.39 is 0 Å². The molecule has 0 aromatic heterocycles. The van der Waals surface area contributed by atoms with Crippen molar-refractivity contribution >= 4 is 37.5 Å². The maximum absolute atomic E-state index is 3.64. The fourth-order valence-corrected chi connectivity index (χ4v) is 3.64. The smallest absolute Gasteiger partial charge is 0.0355 e. The van der Waals surface area contributed by atoms with E-state index in [1.54, 1.807) is 0 Å². The van der Waals surface area contributed by atoms with Gasteiger partial charge in [0.05, 0.1) is 0 Å². The van der Waals surface area contributed by atoms with Gasteiger partial charge in [0.15, 0.2) is 0 Å². The van der Waals surface area contributed by atoms with Gasteiger partial charge in [-0.1, -0.05) is 56.1 Å². The van der Waals surface area contributed by atoms with Crippen LogP contribution in [0.2, 0.25) is 0 Å². The Bertz CT molecular complexity index is 348. The fourth-order valence-electron chi connectivity index (χ4n) is 1.80. The number of benzene rings is 1. The fraction of sp³-hybridized carbons (Fsp3) is 0.333. The third-order valence-electron chi connectivity index (χ3n) is 2.46. The van der Waals surface area contributed by atoms with Crippen LogP contribution in [0.3, 0.4) is 0 Å². The first kappa shape index (κ1) is 11.2. The first-order chi connectivity index (χ1) is 7.24. The number of alkyl halides is 1. The molecule has 2 rings (SSSR count). The molecule has 0 heterocycles. The number of rotatable bonds is 2. The van der Waals surface area contributed by atoms with Crippen molar-refractivity contribution in [1.29, 1.82) is 0 Å². The highest BCUT2D eigenvalue weighted by Crippen LogP contribution is 2.28. The van der Waals surface area contributed by atoms with Gasteiger partial charge in [-0.25, -0.2) is 0 Å². The van der Waals surface area contributed by atoms with Gasteiger partial charge in [0.25, 0.3) is 0 Å². The van der Waals surface area contributed by atoms with Crippen LogP contribution in [0.25, 0.3) is 0 Å². The van der Waals surface area contributed by atoms with Gasteiger partial charge in [0.1, 0.15) is 0 Å². The van der Waals surface area contributed by atoms with Gasteiger partial charge >= 0.3 is 0 Å². The van der Waals surface area contributed by atoms with Gasteiger partial charge in [-0.3, -0.25) is 0 Å². The number of halogens is 2. The molecule has 1 aliphatic rings. The van der Waals surface area contributed by atoms with E-state index in [1.165, 1.54) is 10.2 Å².